The average molecular weight is 553 g/mol. The molecule has 3 aromatic carbocycles. The standard InChI is InChI=1S/C33H36N4O4/c1-22-13-18-27(28-10-4-3-9-26(22)28)24-14-16-25(17-15-24)29(20-33(40)41)37-32(39)21-35-31(38)12-5-6-19-34-30-11-7-8-23(2)36-30/h3-4,7-11,13-18,29H,5-6,12,19-21H2,1-2H3,(H,34,36)(H,35,38)(H,37,39)(H,40,41). The van der Waals surface area contributed by atoms with E-state index in [0.717, 1.165) is 34.4 Å². The summed E-state index contributed by atoms with van der Waals surface area (Å²) in [7, 11) is 0. The Labute approximate surface area is 240 Å². The molecule has 212 valence electrons. The summed E-state index contributed by atoms with van der Waals surface area (Å²) in [6.07, 6.45) is 1.47. The van der Waals surface area contributed by atoms with E-state index in [1.807, 2.05) is 61.5 Å². The minimum Gasteiger partial charge on any atom is -0.481 e. The predicted octanol–water partition coefficient (Wildman–Crippen LogP) is 5.55. The van der Waals surface area contributed by atoms with E-state index in [-0.39, 0.29) is 18.9 Å². The van der Waals surface area contributed by atoms with Crippen LogP contribution in [0, 0.1) is 13.8 Å². The van der Waals surface area contributed by atoms with E-state index in [4.69, 9.17) is 0 Å². The maximum absolute atomic E-state index is 12.6. The summed E-state index contributed by atoms with van der Waals surface area (Å²) in [5.41, 5.74) is 4.91. The summed E-state index contributed by atoms with van der Waals surface area (Å²) < 4.78 is 0. The lowest BCUT2D eigenvalue weighted by Crippen LogP contribution is -2.39. The third kappa shape index (κ3) is 8.38. The number of rotatable bonds is 13. The molecule has 2 amide bonds. The molecule has 4 aromatic rings. The molecule has 0 aliphatic rings. The Balaban J connectivity index is 1.28. The molecular formula is C33H36N4O4. The topological polar surface area (TPSA) is 120 Å². The zero-order valence-corrected chi connectivity index (χ0v) is 23.4. The van der Waals surface area contributed by atoms with Crippen LogP contribution in [0.3, 0.4) is 0 Å². The fraction of sp³-hybridized carbons (Fsp3) is 0.273. The summed E-state index contributed by atoms with van der Waals surface area (Å²) >= 11 is 0. The van der Waals surface area contributed by atoms with E-state index in [2.05, 4.69) is 52.1 Å². The number of unbranched alkanes of at least 4 members (excludes halogenated alkanes) is 1. The molecule has 0 spiro atoms. The fourth-order valence-electron chi connectivity index (χ4n) is 4.80. The molecule has 1 atom stereocenters. The Morgan fingerprint density at radius 3 is 2.32 bits per heavy atom. The highest BCUT2D eigenvalue weighted by molar-refractivity contribution is 5.98. The van der Waals surface area contributed by atoms with E-state index in [1.54, 1.807) is 0 Å². The lowest BCUT2D eigenvalue weighted by molar-refractivity contribution is -0.138. The van der Waals surface area contributed by atoms with Gasteiger partial charge in [-0.3, -0.25) is 14.4 Å². The number of aliphatic carboxylic acids is 1. The monoisotopic (exact) mass is 552 g/mol. The van der Waals surface area contributed by atoms with E-state index in [9.17, 15) is 19.5 Å². The first-order chi connectivity index (χ1) is 19.8. The molecule has 0 fully saturated rings. The zero-order valence-electron chi connectivity index (χ0n) is 23.4. The number of fused-ring (bicyclic) bond motifs is 1. The van der Waals surface area contributed by atoms with Crippen LogP contribution in [0.1, 0.15) is 48.5 Å². The van der Waals surface area contributed by atoms with Gasteiger partial charge in [-0.25, -0.2) is 4.98 Å². The number of carboxylic acid groups (broad SMARTS) is 1. The number of nitrogens with one attached hydrogen (secondary N) is 3. The van der Waals surface area contributed by atoms with Gasteiger partial charge in [0.25, 0.3) is 0 Å². The third-order valence-electron chi connectivity index (χ3n) is 6.95. The molecule has 1 aromatic heterocycles. The van der Waals surface area contributed by atoms with Crippen molar-refractivity contribution in [2.24, 2.45) is 0 Å². The molecule has 1 heterocycles. The van der Waals surface area contributed by atoms with Crippen molar-refractivity contribution in [1.29, 1.82) is 0 Å². The number of aromatic nitrogens is 1. The number of benzene rings is 3. The number of nitrogens with zero attached hydrogens (tertiary/aromatic N) is 1. The smallest absolute Gasteiger partial charge is 0.305 e. The number of carbonyl (C=O) groups excluding carboxylic acids is 2. The fourth-order valence-corrected chi connectivity index (χ4v) is 4.80. The van der Waals surface area contributed by atoms with Crippen LogP contribution in [0.2, 0.25) is 0 Å². The first kappa shape index (κ1) is 29.3. The largest absolute Gasteiger partial charge is 0.481 e. The Morgan fingerprint density at radius 1 is 0.829 bits per heavy atom. The van der Waals surface area contributed by atoms with E-state index < -0.39 is 17.9 Å². The lowest BCUT2D eigenvalue weighted by atomic mass is 9.94. The molecule has 0 saturated heterocycles. The van der Waals surface area contributed by atoms with Crippen LogP contribution in [-0.4, -0.2) is 41.0 Å². The van der Waals surface area contributed by atoms with Crippen molar-refractivity contribution in [3.05, 3.63) is 95.7 Å². The summed E-state index contributed by atoms with van der Waals surface area (Å²) in [6, 6.07) is 25.0. The summed E-state index contributed by atoms with van der Waals surface area (Å²) in [4.78, 5) is 40.8. The van der Waals surface area contributed by atoms with Crippen molar-refractivity contribution in [1.82, 2.24) is 15.6 Å². The SMILES string of the molecule is Cc1cccc(NCCCCC(=O)NCC(=O)NC(CC(=O)O)c2ccc(-c3ccc(C)c4ccccc34)cc2)n1. The number of carbonyl (C=O) groups is 3. The van der Waals surface area contributed by atoms with Crippen LogP contribution < -0.4 is 16.0 Å². The first-order valence-electron chi connectivity index (χ1n) is 13.8. The van der Waals surface area contributed by atoms with Crippen LogP contribution >= 0.6 is 0 Å². The number of anilines is 1. The Hall–Kier alpha value is -4.72. The van der Waals surface area contributed by atoms with Gasteiger partial charge in [-0.15, -0.1) is 0 Å². The normalized spacial score (nSPS) is 11.6. The zero-order chi connectivity index (χ0) is 29.2. The average Bonchev–Trinajstić information content (AvgIpc) is 2.96. The number of hydrogen-bond donors (Lipinski definition) is 4. The van der Waals surface area contributed by atoms with Gasteiger partial charge in [0, 0.05) is 18.7 Å². The van der Waals surface area contributed by atoms with Gasteiger partial charge in [0.2, 0.25) is 11.8 Å². The van der Waals surface area contributed by atoms with Crippen molar-refractivity contribution in [2.75, 3.05) is 18.4 Å². The van der Waals surface area contributed by atoms with Gasteiger partial charge < -0.3 is 21.1 Å². The van der Waals surface area contributed by atoms with Gasteiger partial charge in [-0.2, -0.15) is 0 Å². The van der Waals surface area contributed by atoms with Crippen LogP contribution in [0.25, 0.3) is 21.9 Å². The van der Waals surface area contributed by atoms with Crippen molar-refractivity contribution in [2.45, 2.75) is 45.6 Å². The minimum atomic E-state index is -1.03. The number of aryl methyl sites for hydroxylation is 2. The second-order valence-electron chi connectivity index (χ2n) is 10.1. The van der Waals surface area contributed by atoms with E-state index >= 15 is 0 Å². The molecule has 4 rings (SSSR count). The van der Waals surface area contributed by atoms with Crippen LogP contribution in [0.15, 0.2) is 78.9 Å². The highest BCUT2D eigenvalue weighted by Crippen LogP contribution is 2.31. The molecule has 41 heavy (non-hydrogen) atoms. The molecule has 8 heteroatoms. The predicted molar refractivity (Wildman–Crippen MR) is 162 cm³/mol. The quantitative estimate of drug-likeness (QED) is 0.162. The Kier molecular flexibility index (Phi) is 10.0. The molecular weight excluding hydrogens is 516 g/mol. The van der Waals surface area contributed by atoms with Crippen LogP contribution in [-0.2, 0) is 14.4 Å². The summed E-state index contributed by atoms with van der Waals surface area (Å²) in [5, 5.41) is 20.4. The number of hydrogen-bond acceptors (Lipinski definition) is 5. The molecule has 0 aliphatic heterocycles. The van der Waals surface area contributed by atoms with Gasteiger partial charge >= 0.3 is 5.97 Å². The van der Waals surface area contributed by atoms with Crippen molar-refractivity contribution in [3.8, 4) is 11.1 Å². The molecule has 4 N–H and O–H groups in total. The second kappa shape index (κ2) is 14.1. The Morgan fingerprint density at radius 2 is 1.59 bits per heavy atom. The van der Waals surface area contributed by atoms with Crippen molar-refractivity contribution in [3.63, 3.8) is 0 Å². The van der Waals surface area contributed by atoms with Gasteiger partial charge in [0.05, 0.1) is 19.0 Å². The minimum absolute atomic E-state index is 0.214. The second-order valence-corrected chi connectivity index (χ2v) is 10.1. The van der Waals surface area contributed by atoms with Crippen molar-refractivity contribution < 1.29 is 19.5 Å². The van der Waals surface area contributed by atoms with Crippen molar-refractivity contribution >= 4 is 34.4 Å². The first-order valence-corrected chi connectivity index (χ1v) is 13.8. The highest BCUT2D eigenvalue weighted by atomic mass is 16.4. The number of carboxylic acids is 1. The third-order valence-corrected chi connectivity index (χ3v) is 6.95. The molecule has 8 nitrogen and oxygen atoms in total. The number of amides is 2. The van der Waals surface area contributed by atoms with Gasteiger partial charge in [-0.1, -0.05) is 66.7 Å². The van der Waals surface area contributed by atoms with E-state index in [0.29, 0.717) is 24.9 Å². The van der Waals surface area contributed by atoms with E-state index in [1.165, 1.54) is 10.9 Å². The summed E-state index contributed by atoms with van der Waals surface area (Å²) in [6.45, 7) is 4.49. The summed E-state index contributed by atoms with van der Waals surface area (Å²) in [5.74, 6) is -0.883. The lowest BCUT2D eigenvalue weighted by Gasteiger charge is -2.18. The maximum Gasteiger partial charge on any atom is 0.305 e. The van der Waals surface area contributed by atoms with Gasteiger partial charge in [0.15, 0.2) is 0 Å². The van der Waals surface area contributed by atoms with Crippen LogP contribution in [0.5, 0.6) is 0 Å². The van der Waals surface area contributed by atoms with Crippen LogP contribution in [0.4, 0.5) is 5.82 Å². The maximum atomic E-state index is 12.6. The molecule has 1 unspecified atom stereocenters. The van der Waals surface area contributed by atoms with Gasteiger partial charge in [0.1, 0.15) is 5.82 Å². The number of pyridine rings is 1. The Bertz CT molecular complexity index is 1520. The molecule has 0 aliphatic carbocycles. The van der Waals surface area contributed by atoms with Gasteiger partial charge in [-0.05, 0) is 71.8 Å². The highest BCUT2D eigenvalue weighted by Gasteiger charge is 2.19. The molecule has 0 radical (unpaired) electrons. The molecule has 0 saturated carbocycles. The molecule has 0 bridgehead atoms.